The second-order valence-corrected chi connectivity index (χ2v) is 7.14. The molecule has 1 fully saturated rings. The van der Waals surface area contributed by atoms with Gasteiger partial charge in [-0.1, -0.05) is 12.1 Å². The van der Waals surface area contributed by atoms with Crippen molar-refractivity contribution in [3.8, 4) is 16.2 Å². The van der Waals surface area contributed by atoms with Crippen LogP contribution in [0.2, 0.25) is 0 Å². The Hall–Kier alpha value is -2.58. The molecule has 1 aromatic carbocycles. The largest absolute Gasteiger partial charge is 0.497 e. The van der Waals surface area contributed by atoms with E-state index in [9.17, 15) is 9.59 Å². The third kappa shape index (κ3) is 4.33. The van der Waals surface area contributed by atoms with Crippen molar-refractivity contribution < 1.29 is 14.3 Å². The number of benzene rings is 1. The molecule has 2 heterocycles. The van der Waals surface area contributed by atoms with E-state index in [-0.39, 0.29) is 11.9 Å². The molecule has 2 aromatic rings. The van der Waals surface area contributed by atoms with E-state index in [1.165, 1.54) is 11.3 Å². The van der Waals surface area contributed by atoms with Crippen LogP contribution in [0.1, 0.15) is 23.2 Å². The molecule has 1 aliphatic rings. The van der Waals surface area contributed by atoms with E-state index in [1.807, 2.05) is 24.3 Å². The van der Waals surface area contributed by atoms with E-state index >= 15 is 0 Å². The molecule has 0 spiro atoms. The van der Waals surface area contributed by atoms with Gasteiger partial charge in [0.15, 0.2) is 0 Å². The number of nitrogens with one attached hydrogen (secondary N) is 3. The molecular formula is C18H22N4O3S. The second-order valence-electron chi connectivity index (χ2n) is 6.09. The van der Waals surface area contributed by atoms with Crippen LogP contribution in [-0.2, 0) is 0 Å². The highest BCUT2D eigenvalue weighted by Gasteiger charge is 2.22. The van der Waals surface area contributed by atoms with E-state index in [2.05, 4.69) is 16.0 Å². The zero-order chi connectivity index (χ0) is 18.5. The van der Waals surface area contributed by atoms with Gasteiger partial charge in [0.05, 0.1) is 12.7 Å². The summed E-state index contributed by atoms with van der Waals surface area (Å²) in [6.07, 6.45) is 1.96. The summed E-state index contributed by atoms with van der Waals surface area (Å²) >= 11 is 1.31. The number of hydrogen-bond donors (Lipinski definition) is 4. The van der Waals surface area contributed by atoms with Gasteiger partial charge in [-0.15, -0.1) is 11.3 Å². The highest BCUT2D eigenvalue weighted by molar-refractivity contribution is 7.20. The van der Waals surface area contributed by atoms with Gasteiger partial charge in [-0.05, 0) is 43.1 Å². The summed E-state index contributed by atoms with van der Waals surface area (Å²) in [4.78, 5) is 24.9. The van der Waals surface area contributed by atoms with Gasteiger partial charge < -0.3 is 21.1 Å². The lowest BCUT2D eigenvalue weighted by Crippen LogP contribution is -2.45. The highest BCUT2D eigenvalue weighted by Crippen LogP contribution is 2.36. The SMILES string of the molecule is COc1cccc(-c2cc(C(=O)NC3CCCNC3)c(NC(N)=O)s2)c1. The van der Waals surface area contributed by atoms with Crippen LogP contribution in [0.15, 0.2) is 30.3 Å². The number of carbonyl (C=O) groups is 2. The number of amides is 3. The number of carbonyl (C=O) groups excluding carboxylic acids is 2. The number of rotatable bonds is 5. The molecule has 1 atom stereocenters. The Labute approximate surface area is 155 Å². The van der Waals surface area contributed by atoms with Gasteiger partial charge in [0.1, 0.15) is 10.8 Å². The van der Waals surface area contributed by atoms with E-state index < -0.39 is 6.03 Å². The first-order chi connectivity index (χ1) is 12.6. The molecule has 0 saturated carbocycles. The number of anilines is 1. The normalized spacial score (nSPS) is 16.7. The summed E-state index contributed by atoms with van der Waals surface area (Å²) in [7, 11) is 1.60. The summed E-state index contributed by atoms with van der Waals surface area (Å²) < 4.78 is 5.25. The summed E-state index contributed by atoms with van der Waals surface area (Å²) in [6.45, 7) is 1.72. The summed E-state index contributed by atoms with van der Waals surface area (Å²) in [6, 6.07) is 8.69. The van der Waals surface area contributed by atoms with Gasteiger partial charge in [0.25, 0.3) is 5.91 Å². The Morgan fingerprint density at radius 3 is 2.88 bits per heavy atom. The molecule has 1 unspecified atom stereocenters. The maximum Gasteiger partial charge on any atom is 0.317 e. The van der Waals surface area contributed by atoms with Crippen molar-refractivity contribution in [1.29, 1.82) is 0 Å². The summed E-state index contributed by atoms with van der Waals surface area (Å²) in [5.74, 6) is 0.507. The van der Waals surface area contributed by atoms with E-state index in [4.69, 9.17) is 10.5 Å². The maximum absolute atomic E-state index is 12.7. The first-order valence-corrected chi connectivity index (χ1v) is 9.25. The number of piperidine rings is 1. The lowest BCUT2D eigenvalue weighted by molar-refractivity contribution is 0.0932. The van der Waals surface area contributed by atoms with Gasteiger partial charge in [-0.25, -0.2) is 4.79 Å². The minimum atomic E-state index is -0.697. The van der Waals surface area contributed by atoms with Crippen molar-refractivity contribution in [3.63, 3.8) is 0 Å². The van der Waals surface area contributed by atoms with Crippen LogP contribution >= 0.6 is 11.3 Å². The molecule has 1 aromatic heterocycles. The molecular weight excluding hydrogens is 352 g/mol. The predicted molar refractivity (Wildman–Crippen MR) is 103 cm³/mol. The molecule has 0 bridgehead atoms. The Bertz CT molecular complexity index is 799. The molecule has 138 valence electrons. The molecule has 0 aliphatic carbocycles. The molecule has 3 amide bonds. The van der Waals surface area contributed by atoms with Crippen LogP contribution in [0.5, 0.6) is 5.75 Å². The topological polar surface area (TPSA) is 105 Å². The van der Waals surface area contributed by atoms with E-state index in [0.29, 0.717) is 10.6 Å². The smallest absolute Gasteiger partial charge is 0.317 e. The third-order valence-corrected chi connectivity index (χ3v) is 5.30. The van der Waals surface area contributed by atoms with Crippen LogP contribution in [0.25, 0.3) is 10.4 Å². The van der Waals surface area contributed by atoms with Crippen LogP contribution in [-0.4, -0.2) is 38.2 Å². The van der Waals surface area contributed by atoms with Gasteiger partial charge >= 0.3 is 6.03 Å². The minimum Gasteiger partial charge on any atom is -0.497 e. The van der Waals surface area contributed by atoms with Crippen molar-refractivity contribution in [1.82, 2.24) is 10.6 Å². The summed E-state index contributed by atoms with van der Waals surface area (Å²) in [5, 5.41) is 9.29. The average Bonchev–Trinajstić information content (AvgIpc) is 3.06. The van der Waals surface area contributed by atoms with Crippen molar-refractivity contribution in [2.45, 2.75) is 18.9 Å². The monoisotopic (exact) mass is 374 g/mol. The molecule has 5 N–H and O–H groups in total. The molecule has 26 heavy (non-hydrogen) atoms. The zero-order valence-corrected chi connectivity index (χ0v) is 15.3. The minimum absolute atomic E-state index is 0.0813. The molecule has 3 rings (SSSR count). The fraction of sp³-hybridized carbons (Fsp3) is 0.333. The predicted octanol–water partition coefficient (Wildman–Crippen LogP) is 2.40. The quantitative estimate of drug-likeness (QED) is 0.645. The molecule has 7 nitrogen and oxygen atoms in total. The van der Waals surface area contributed by atoms with Crippen LogP contribution in [0.3, 0.4) is 0 Å². The Morgan fingerprint density at radius 1 is 1.35 bits per heavy atom. The Kier molecular flexibility index (Phi) is 5.75. The van der Waals surface area contributed by atoms with Crippen molar-refractivity contribution >= 4 is 28.3 Å². The fourth-order valence-electron chi connectivity index (χ4n) is 2.92. The Morgan fingerprint density at radius 2 is 2.19 bits per heavy atom. The van der Waals surface area contributed by atoms with Gasteiger partial charge in [-0.2, -0.15) is 0 Å². The molecule has 0 radical (unpaired) electrons. The number of urea groups is 1. The van der Waals surface area contributed by atoms with E-state index in [0.717, 1.165) is 42.1 Å². The lowest BCUT2D eigenvalue weighted by Gasteiger charge is -2.23. The van der Waals surface area contributed by atoms with Crippen molar-refractivity contribution in [2.75, 3.05) is 25.5 Å². The number of ether oxygens (including phenoxy) is 1. The standard InChI is InChI=1S/C18H22N4O3S/c1-25-13-6-2-4-11(8-13)15-9-14(17(26-15)22-18(19)24)16(23)21-12-5-3-7-20-10-12/h2,4,6,8-9,12,20H,3,5,7,10H2,1H3,(H,21,23)(H3,19,22,24). The van der Waals surface area contributed by atoms with Crippen LogP contribution in [0.4, 0.5) is 9.80 Å². The van der Waals surface area contributed by atoms with Crippen molar-refractivity contribution in [2.24, 2.45) is 5.73 Å². The number of hydrogen-bond acceptors (Lipinski definition) is 5. The number of primary amides is 1. The van der Waals surface area contributed by atoms with Gasteiger partial charge in [0.2, 0.25) is 0 Å². The molecule has 8 heteroatoms. The van der Waals surface area contributed by atoms with Crippen LogP contribution in [0, 0.1) is 0 Å². The zero-order valence-electron chi connectivity index (χ0n) is 14.5. The van der Waals surface area contributed by atoms with Crippen LogP contribution < -0.4 is 26.4 Å². The van der Waals surface area contributed by atoms with Gasteiger partial charge in [0, 0.05) is 17.5 Å². The lowest BCUT2D eigenvalue weighted by atomic mass is 10.1. The van der Waals surface area contributed by atoms with E-state index in [1.54, 1.807) is 13.2 Å². The number of methoxy groups -OCH3 is 1. The molecule has 1 saturated heterocycles. The first-order valence-electron chi connectivity index (χ1n) is 8.43. The number of nitrogens with two attached hydrogens (primary N) is 1. The third-order valence-electron chi connectivity index (χ3n) is 4.20. The maximum atomic E-state index is 12.7. The average molecular weight is 374 g/mol. The van der Waals surface area contributed by atoms with Gasteiger partial charge in [-0.3, -0.25) is 10.1 Å². The highest BCUT2D eigenvalue weighted by atomic mass is 32.1. The second kappa shape index (κ2) is 8.20. The van der Waals surface area contributed by atoms with Crippen molar-refractivity contribution in [3.05, 3.63) is 35.9 Å². The fourth-order valence-corrected chi connectivity index (χ4v) is 3.98. The Balaban J connectivity index is 1.88. The first kappa shape index (κ1) is 18.2. The number of thiophene rings is 1. The molecule has 1 aliphatic heterocycles. The summed E-state index contributed by atoms with van der Waals surface area (Å²) in [5.41, 5.74) is 6.58.